The van der Waals surface area contributed by atoms with E-state index in [1.54, 1.807) is 10.5 Å². The summed E-state index contributed by atoms with van der Waals surface area (Å²) in [6.45, 7) is 6.02. The summed E-state index contributed by atoms with van der Waals surface area (Å²) in [6.07, 6.45) is 4.79. The third-order valence-corrected chi connectivity index (χ3v) is 6.02. The topological polar surface area (TPSA) is 67.2 Å². The van der Waals surface area contributed by atoms with Crippen molar-refractivity contribution >= 4 is 22.4 Å². The van der Waals surface area contributed by atoms with Crippen molar-refractivity contribution in [2.24, 2.45) is 0 Å². The molecule has 3 rings (SSSR count). The van der Waals surface area contributed by atoms with Gasteiger partial charge in [0.1, 0.15) is 5.82 Å². The van der Waals surface area contributed by atoms with Gasteiger partial charge in [-0.25, -0.2) is 13.4 Å². The van der Waals surface area contributed by atoms with E-state index in [0.717, 1.165) is 31.6 Å². The van der Waals surface area contributed by atoms with Crippen molar-refractivity contribution in [3.63, 3.8) is 0 Å². The number of rotatable bonds is 2. The molecule has 21 heavy (non-hydrogen) atoms. The van der Waals surface area contributed by atoms with Gasteiger partial charge < -0.3 is 9.88 Å². The van der Waals surface area contributed by atoms with Gasteiger partial charge in [0.05, 0.1) is 0 Å². The summed E-state index contributed by atoms with van der Waals surface area (Å²) in [5.74, 6) is 0.908. The minimum Gasteiger partial charge on any atom is -0.333 e. The molecular weight excluding hydrogens is 312 g/mol. The maximum absolute atomic E-state index is 12.8. The maximum atomic E-state index is 12.8. The lowest BCUT2D eigenvalue weighted by atomic mass is 10.2. The predicted octanol–water partition coefficient (Wildman–Crippen LogP) is 1.01. The number of nitrogens with one attached hydrogen (secondary N) is 1. The van der Waals surface area contributed by atoms with Crippen LogP contribution in [0.25, 0.3) is 0 Å². The second-order valence-electron chi connectivity index (χ2n) is 5.88. The van der Waals surface area contributed by atoms with Gasteiger partial charge in [-0.05, 0) is 26.7 Å². The Kier molecular flexibility index (Phi) is 4.97. The highest BCUT2D eigenvalue weighted by atomic mass is 35.5. The summed E-state index contributed by atoms with van der Waals surface area (Å²) in [6, 6.07) is 0.146. The summed E-state index contributed by atoms with van der Waals surface area (Å²) in [5, 5.41) is 3.52. The number of nitrogens with zero attached hydrogens (tertiary/aromatic N) is 3. The van der Waals surface area contributed by atoms with E-state index in [2.05, 4.69) is 10.3 Å². The third kappa shape index (κ3) is 3.11. The molecule has 6 nitrogen and oxygen atoms in total. The number of aryl methyl sites for hydroxylation is 2. The van der Waals surface area contributed by atoms with E-state index in [1.165, 1.54) is 0 Å². The molecule has 1 saturated heterocycles. The highest BCUT2D eigenvalue weighted by Gasteiger charge is 2.35. The van der Waals surface area contributed by atoms with Crippen molar-refractivity contribution in [3.05, 3.63) is 12.0 Å². The smallest absolute Gasteiger partial charge is 0.262 e. The zero-order chi connectivity index (χ0) is 14.3. The van der Waals surface area contributed by atoms with Crippen LogP contribution in [0.15, 0.2) is 11.2 Å². The summed E-state index contributed by atoms with van der Waals surface area (Å²) in [4.78, 5) is 4.37. The first-order valence-corrected chi connectivity index (χ1v) is 8.74. The Labute approximate surface area is 132 Å². The lowest BCUT2D eigenvalue weighted by Crippen LogP contribution is -2.56. The van der Waals surface area contributed by atoms with E-state index in [-0.39, 0.29) is 29.5 Å². The van der Waals surface area contributed by atoms with Gasteiger partial charge in [-0.2, -0.15) is 4.31 Å². The zero-order valence-corrected chi connectivity index (χ0v) is 14.1. The SMILES string of the molecule is CC1CN(S(=O)(=O)c2cn3c(n2)CCCC3)C(C)CN1.Cl. The van der Waals surface area contributed by atoms with Gasteiger partial charge in [0.2, 0.25) is 0 Å². The third-order valence-electron chi connectivity index (χ3n) is 4.17. The van der Waals surface area contributed by atoms with Gasteiger partial charge >= 0.3 is 0 Å². The fraction of sp³-hybridized carbons (Fsp3) is 0.769. The number of piperazine rings is 1. The molecule has 1 fully saturated rings. The first kappa shape index (κ1) is 16.7. The molecule has 120 valence electrons. The quantitative estimate of drug-likeness (QED) is 0.876. The van der Waals surface area contributed by atoms with Crippen molar-refractivity contribution in [1.82, 2.24) is 19.2 Å². The number of aromatic nitrogens is 2. The predicted molar refractivity (Wildman–Crippen MR) is 83.2 cm³/mol. The molecule has 2 aliphatic heterocycles. The largest absolute Gasteiger partial charge is 0.333 e. The van der Waals surface area contributed by atoms with Crippen LogP contribution < -0.4 is 5.32 Å². The summed E-state index contributed by atoms with van der Waals surface area (Å²) < 4.78 is 29.1. The molecular formula is C13H23ClN4O2S. The van der Waals surface area contributed by atoms with E-state index in [4.69, 9.17) is 0 Å². The van der Waals surface area contributed by atoms with Crippen LogP contribution >= 0.6 is 12.4 Å². The maximum Gasteiger partial charge on any atom is 0.262 e. The van der Waals surface area contributed by atoms with Crippen LogP contribution in [-0.2, 0) is 23.0 Å². The average Bonchev–Trinajstić information content (AvgIpc) is 2.86. The minimum absolute atomic E-state index is 0. The Morgan fingerprint density at radius 2 is 2.10 bits per heavy atom. The second kappa shape index (κ2) is 6.24. The van der Waals surface area contributed by atoms with Crippen molar-refractivity contribution < 1.29 is 8.42 Å². The molecule has 2 aliphatic rings. The van der Waals surface area contributed by atoms with Gasteiger partial charge in [-0.3, -0.25) is 0 Å². The summed E-state index contributed by atoms with van der Waals surface area (Å²) >= 11 is 0. The van der Waals surface area contributed by atoms with Crippen LogP contribution in [0, 0.1) is 0 Å². The Bertz CT molecular complexity index is 578. The Morgan fingerprint density at radius 3 is 2.81 bits per heavy atom. The lowest BCUT2D eigenvalue weighted by Gasteiger charge is -2.35. The highest BCUT2D eigenvalue weighted by Crippen LogP contribution is 2.22. The first-order valence-electron chi connectivity index (χ1n) is 7.30. The average molecular weight is 335 g/mol. The number of halogens is 1. The molecule has 1 N–H and O–H groups in total. The van der Waals surface area contributed by atoms with Gasteiger partial charge in [0.25, 0.3) is 10.0 Å². The highest BCUT2D eigenvalue weighted by molar-refractivity contribution is 7.89. The van der Waals surface area contributed by atoms with E-state index >= 15 is 0 Å². The molecule has 0 radical (unpaired) electrons. The normalized spacial score (nSPS) is 27.0. The standard InChI is InChI=1S/C13H22N4O2S.ClH/c1-10-8-17(11(2)7-14-10)20(18,19)13-9-16-6-4-3-5-12(16)15-13;/h9-11,14H,3-8H2,1-2H3;1H. The number of hydrogen-bond acceptors (Lipinski definition) is 4. The Hall–Kier alpha value is -0.630. The molecule has 3 heterocycles. The van der Waals surface area contributed by atoms with Crippen molar-refractivity contribution in [2.45, 2.75) is 56.8 Å². The number of fused-ring (bicyclic) bond motifs is 1. The number of imidazole rings is 1. The summed E-state index contributed by atoms with van der Waals surface area (Å²) in [7, 11) is -3.48. The van der Waals surface area contributed by atoms with Gasteiger partial charge in [-0.15, -0.1) is 12.4 Å². The molecule has 0 aliphatic carbocycles. The second-order valence-corrected chi connectivity index (χ2v) is 7.72. The van der Waals surface area contributed by atoms with Gasteiger partial charge in [0, 0.05) is 44.3 Å². The fourth-order valence-electron chi connectivity index (χ4n) is 2.95. The number of sulfonamides is 1. The molecule has 0 bridgehead atoms. The monoisotopic (exact) mass is 334 g/mol. The molecule has 0 amide bonds. The molecule has 2 atom stereocenters. The lowest BCUT2D eigenvalue weighted by molar-refractivity contribution is 0.244. The Morgan fingerprint density at radius 1 is 1.33 bits per heavy atom. The van der Waals surface area contributed by atoms with Crippen molar-refractivity contribution in [3.8, 4) is 0 Å². The molecule has 1 aromatic heterocycles. The van der Waals surface area contributed by atoms with Crippen LogP contribution in [0.2, 0.25) is 0 Å². The van der Waals surface area contributed by atoms with E-state index in [9.17, 15) is 8.42 Å². The zero-order valence-electron chi connectivity index (χ0n) is 12.4. The van der Waals surface area contributed by atoms with Crippen LogP contribution in [0.5, 0.6) is 0 Å². The molecule has 8 heteroatoms. The van der Waals surface area contributed by atoms with E-state index < -0.39 is 10.0 Å². The Balaban J connectivity index is 0.00000161. The van der Waals surface area contributed by atoms with E-state index in [0.29, 0.717) is 13.1 Å². The van der Waals surface area contributed by atoms with Crippen molar-refractivity contribution in [2.75, 3.05) is 13.1 Å². The van der Waals surface area contributed by atoms with Gasteiger partial charge in [-0.1, -0.05) is 0 Å². The van der Waals surface area contributed by atoms with Crippen LogP contribution in [0.4, 0.5) is 0 Å². The molecule has 0 aromatic carbocycles. The molecule has 1 aromatic rings. The van der Waals surface area contributed by atoms with Gasteiger partial charge in [0.15, 0.2) is 5.03 Å². The van der Waals surface area contributed by atoms with E-state index in [1.807, 2.05) is 18.4 Å². The van der Waals surface area contributed by atoms with Crippen molar-refractivity contribution in [1.29, 1.82) is 0 Å². The van der Waals surface area contributed by atoms with Crippen LogP contribution in [-0.4, -0.2) is 47.4 Å². The minimum atomic E-state index is -3.48. The summed E-state index contributed by atoms with van der Waals surface area (Å²) in [5.41, 5.74) is 0. The van der Waals surface area contributed by atoms with Crippen LogP contribution in [0.3, 0.4) is 0 Å². The molecule has 2 unspecified atom stereocenters. The molecule has 0 spiro atoms. The number of hydrogen-bond donors (Lipinski definition) is 1. The van der Waals surface area contributed by atoms with Crippen LogP contribution in [0.1, 0.15) is 32.5 Å². The fourth-order valence-corrected chi connectivity index (χ4v) is 4.64. The molecule has 0 saturated carbocycles. The first-order chi connectivity index (χ1) is 9.48.